The molecule has 1 saturated heterocycles. The van der Waals surface area contributed by atoms with E-state index < -0.39 is 5.41 Å². The van der Waals surface area contributed by atoms with Crippen LogP contribution < -0.4 is 10.1 Å². The number of hydrogen-bond donors (Lipinski definition) is 1. The number of hydrogen-bond acceptors (Lipinski definition) is 6. The fourth-order valence-electron chi connectivity index (χ4n) is 2.63. The Morgan fingerprint density at radius 2 is 1.78 bits per heavy atom. The minimum absolute atomic E-state index is 0.0847. The van der Waals surface area contributed by atoms with Crippen molar-refractivity contribution in [3.05, 3.63) is 29.8 Å². The summed E-state index contributed by atoms with van der Waals surface area (Å²) in [6.45, 7) is 4.22. The summed E-state index contributed by atoms with van der Waals surface area (Å²) in [7, 11) is 2.76. The number of benzene rings is 1. The number of rotatable bonds is 5. The largest absolute Gasteiger partial charge is 0.489 e. The van der Waals surface area contributed by atoms with Crippen LogP contribution in [0.3, 0.4) is 0 Å². The highest BCUT2D eigenvalue weighted by molar-refractivity contribution is 5.82. The van der Waals surface area contributed by atoms with Crippen molar-refractivity contribution in [2.75, 3.05) is 20.8 Å². The van der Waals surface area contributed by atoms with Gasteiger partial charge in [-0.05, 0) is 31.5 Å². The molecule has 0 unspecified atom stereocenters. The van der Waals surface area contributed by atoms with Gasteiger partial charge in [-0.1, -0.05) is 12.1 Å². The van der Waals surface area contributed by atoms with Crippen LogP contribution in [0.4, 0.5) is 0 Å². The second-order valence-electron chi connectivity index (χ2n) is 6.10. The maximum absolute atomic E-state index is 11.8. The first-order valence-electron chi connectivity index (χ1n) is 7.55. The Morgan fingerprint density at radius 3 is 2.35 bits per heavy atom. The molecule has 1 heterocycles. The van der Waals surface area contributed by atoms with E-state index in [1.807, 2.05) is 38.1 Å². The van der Waals surface area contributed by atoms with Gasteiger partial charge in [-0.15, -0.1) is 0 Å². The average molecular weight is 321 g/mol. The molecule has 1 aliphatic heterocycles. The SMILES string of the molecule is COC(=O)[C@@H]1C[C@H](Oc2ccc(C(C)(C)C(=O)OC)cc2)CN1. The molecule has 23 heavy (non-hydrogen) atoms. The predicted octanol–water partition coefficient (Wildman–Crippen LogP) is 1.42. The van der Waals surface area contributed by atoms with Crippen molar-refractivity contribution < 1.29 is 23.8 Å². The van der Waals surface area contributed by atoms with E-state index in [9.17, 15) is 9.59 Å². The summed E-state index contributed by atoms with van der Waals surface area (Å²) in [5, 5.41) is 3.08. The molecule has 0 amide bonds. The van der Waals surface area contributed by atoms with Gasteiger partial charge >= 0.3 is 11.9 Å². The van der Waals surface area contributed by atoms with E-state index >= 15 is 0 Å². The first kappa shape index (κ1) is 17.3. The molecule has 0 bridgehead atoms. The summed E-state index contributed by atoms with van der Waals surface area (Å²) in [5.74, 6) is 0.144. The van der Waals surface area contributed by atoms with Crippen LogP contribution in [0.1, 0.15) is 25.8 Å². The van der Waals surface area contributed by atoms with Crippen LogP contribution in [0.5, 0.6) is 5.75 Å². The van der Waals surface area contributed by atoms with E-state index in [4.69, 9.17) is 14.2 Å². The Morgan fingerprint density at radius 1 is 1.13 bits per heavy atom. The number of esters is 2. The van der Waals surface area contributed by atoms with Crippen LogP contribution in [0.25, 0.3) is 0 Å². The second kappa shape index (κ2) is 7.00. The lowest BCUT2D eigenvalue weighted by molar-refractivity contribution is -0.146. The molecule has 1 fully saturated rings. The Kier molecular flexibility index (Phi) is 5.26. The maximum atomic E-state index is 11.8. The summed E-state index contributed by atoms with van der Waals surface area (Å²) in [6.07, 6.45) is 0.487. The number of carbonyl (C=O) groups excluding carboxylic acids is 2. The van der Waals surface area contributed by atoms with Crippen molar-refractivity contribution in [1.82, 2.24) is 5.32 Å². The third kappa shape index (κ3) is 3.82. The van der Waals surface area contributed by atoms with Crippen molar-refractivity contribution in [3.63, 3.8) is 0 Å². The monoisotopic (exact) mass is 321 g/mol. The van der Waals surface area contributed by atoms with Gasteiger partial charge in [0.05, 0.1) is 19.6 Å². The molecule has 2 rings (SSSR count). The first-order chi connectivity index (χ1) is 10.9. The number of ether oxygens (including phenoxy) is 3. The highest BCUT2D eigenvalue weighted by Crippen LogP contribution is 2.27. The Balaban J connectivity index is 1.99. The molecule has 0 aliphatic carbocycles. The van der Waals surface area contributed by atoms with Crippen molar-refractivity contribution >= 4 is 11.9 Å². The average Bonchev–Trinajstić information content (AvgIpc) is 3.02. The van der Waals surface area contributed by atoms with Gasteiger partial charge in [0.15, 0.2) is 0 Å². The Hall–Kier alpha value is -2.08. The zero-order valence-electron chi connectivity index (χ0n) is 13.9. The smallest absolute Gasteiger partial charge is 0.323 e. The van der Waals surface area contributed by atoms with E-state index in [2.05, 4.69) is 5.32 Å². The van der Waals surface area contributed by atoms with Gasteiger partial charge < -0.3 is 19.5 Å². The Bertz CT molecular complexity index is 567. The van der Waals surface area contributed by atoms with Gasteiger partial charge in [-0.25, -0.2) is 0 Å². The minimum atomic E-state index is -0.710. The van der Waals surface area contributed by atoms with Crippen molar-refractivity contribution in [2.45, 2.75) is 37.8 Å². The molecule has 1 aromatic rings. The summed E-state index contributed by atoms with van der Waals surface area (Å²) in [4.78, 5) is 23.3. The third-order valence-electron chi connectivity index (χ3n) is 4.15. The van der Waals surface area contributed by atoms with Crippen molar-refractivity contribution in [2.24, 2.45) is 0 Å². The summed E-state index contributed by atoms with van der Waals surface area (Å²) < 4.78 is 15.4. The lowest BCUT2D eigenvalue weighted by atomic mass is 9.85. The molecular weight excluding hydrogens is 298 g/mol. The minimum Gasteiger partial charge on any atom is -0.489 e. The maximum Gasteiger partial charge on any atom is 0.323 e. The lowest BCUT2D eigenvalue weighted by Gasteiger charge is -2.22. The van der Waals surface area contributed by atoms with Gasteiger partial charge in [-0.2, -0.15) is 0 Å². The molecule has 1 N–H and O–H groups in total. The van der Waals surface area contributed by atoms with E-state index in [1.54, 1.807) is 0 Å². The van der Waals surface area contributed by atoms with Crippen LogP contribution in [-0.2, 0) is 24.5 Å². The molecule has 1 aromatic carbocycles. The zero-order chi connectivity index (χ0) is 17.0. The van der Waals surface area contributed by atoms with Gasteiger partial charge in [0.2, 0.25) is 0 Å². The van der Waals surface area contributed by atoms with Crippen LogP contribution in [0.2, 0.25) is 0 Å². The molecule has 0 saturated carbocycles. The third-order valence-corrected chi connectivity index (χ3v) is 4.15. The molecular formula is C17H23NO5. The summed E-state index contributed by atoms with van der Waals surface area (Å²) in [6, 6.07) is 7.04. The molecule has 0 radical (unpaired) electrons. The van der Waals surface area contributed by atoms with E-state index in [0.717, 1.165) is 5.56 Å². The number of nitrogens with one attached hydrogen (secondary N) is 1. The standard InChI is InChI=1S/C17H23NO5/c1-17(2,16(20)22-4)11-5-7-12(8-6-11)23-13-9-14(18-10-13)15(19)21-3/h5-8,13-14,18H,9-10H2,1-4H3/t13-,14-/m0/s1. The lowest BCUT2D eigenvalue weighted by Crippen LogP contribution is -2.31. The molecule has 0 spiro atoms. The normalized spacial score (nSPS) is 20.9. The Labute approximate surface area is 136 Å². The van der Waals surface area contributed by atoms with Crippen LogP contribution in [-0.4, -0.2) is 44.8 Å². The molecule has 6 nitrogen and oxygen atoms in total. The van der Waals surface area contributed by atoms with Crippen LogP contribution >= 0.6 is 0 Å². The van der Waals surface area contributed by atoms with Crippen molar-refractivity contribution in [3.8, 4) is 5.75 Å². The zero-order valence-corrected chi connectivity index (χ0v) is 13.9. The topological polar surface area (TPSA) is 73.9 Å². The second-order valence-corrected chi connectivity index (χ2v) is 6.10. The van der Waals surface area contributed by atoms with Gasteiger partial charge in [0.1, 0.15) is 17.9 Å². The van der Waals surface area contributed by atoms with E-state index in [0.29, 0.717) is 18.7 Å². The van der Waals surface area contributed by atoms with E-state index in [-0.39, 0.29) is 24.1 Å². The predicted molar refractivity (Wildman–Crippen MR) is 84.3 cm³/mol. The number of carbonyl (C=O) groups is 2. The first-order valence-corrected chi connectivity index (χ1v) is 7.55. The van der Waals surface area contributed by atoms with Gasteiger partial charge in [0.25, 0.3) is 0 Å². The van der Waals surface area contributed by atoms with Crippen LogP contribution in [0, 0.1) is 0 Å². The molecule has 126 valence electrons. The fourth-order valence-corrected chi connectivity index (χ4v) is 2.63. The van der Waals surface area contributed by atoms with Gasteiger partial charge in [0, 0.05) is 13.0 Å². The van der Waals surface area contributed by atoms with Gasteiger partial charge in [-0.3, -0.25) is 9.59 Å². The van der Waals surface area contributed by atoms with Crippen molar-refractivity contribution in [1.29, 1.82) is 0 Å². The summed E-state index contributed by atoms with van der Waals surface area (Å²) >= 11 is 0. The summed E-state index contributed by atoms with van der Waals surface area (Å²) in [5.41, 5.74) is 0.145. The number of methoxy groups -OCH3 is 2. The van der Waals surface area contributed by atoms with Crippen LogP contribution in [0.15, 0.2) is 24.3 Å². The molecule has 1 aliphatic rings. The highest BCUT2D eigenvalue weighted by atomic mass is 16.5. The van der Waals surface area contributed by atoms with E-state index in [1.165, 1.54) is 14.2 Å². The molecule has 6 heteroatoms. The molecule has 0 aromatic heterocycles. The molecule has 2 atom stereocenters. The fraction of sp³-hybridized carbons (Fsp3) is 0.529. The highest BCUT2D eigenvalue weighted by Gasteiger charge is 2.32. The quantitative estimate of drug-likeness (QED) is 0.827.